The van der Waals surface area contributed by atoms with Gasteiger partial charge in [-0.15, -0.1) is 5.10 Å². The lowest BCUT2D eigenvalue weighted by molar-refractivity contribution is -0.120. The van der Waals surface area contributed by atoms with Crippen LogP contribution in [0.5, 0.6) is 5.75 Å². The van der Waals surface area contributed by atoms with Gasteiger partial charge in [0, 0.05) is 0 Å². The molecule has 1 amide bonds. The summed E-state index contributed by atoms with van der Waals surface area (Å²) >= 11 is 1.40. The SMILES string of the molecule is CC(Sc1nnnn1C1CC1)C(=O)NCCOc1ccc2c(c1)CCC2. The number of nitrogens with zero attached hydrogens (tertiary/aromatic N) is 4. The Balaban J connectivity index is 1.20. The van der Waals surface area contributed by atoms with Crippen LogP contribution in [-0.4, -0.2) is 44.5 Å². The van der Waals surface area contributed by atoms with E-state index in [4.69, 9.17) is 4.74 Å². The second-order valence-corrected chi connectivity index (χ2v) is 8.13. The van der Waals surface area contributed by atoms with Crippen molar-refractivity contribution in [1.82, 2.24) is 25.5 Å². The number of carbonyl (C=O) groups excluding carboxylic acids is 1. The van der Waals surface area contributed by atoms with E-state index < -0.39 is 0 Å². The number of benzene rings is 1. The molecule has 1 atom stereocenters. The maximum atomic E-state index is 12.3. The van der Waals surface area contributed by atoms with Gasteiger partial charge in [0.25, 0.3) is 0 Å². The Bertz CT molecular complexity index is 790. The van der Waals surface area contributed by atoms with Gasteiger partial charge < -0.3 is 10.1 Å². The van der Waals surface area contributed by atoms with Crippen LogP contribution in [0.3, 0.4) is 0 Å². The summed E-state index contributed by atoms with van der Waals surface area (Å²) in [5, 5.41) is 15.1. The van der Waals surface area contributed by atoms with Gasteiger partial charge >= 0.3 is 0 Å². The van der Waals surface area contributed by atoms with Crippen molar-refractivity contribution in [3.63, 3.8) is 0 Å². The summed E-state index contributed by atoms with van der Waals surface area (Å²) < 4.78 is 7.59. The first-order valence-electron chi connectivity index (χ1n) is 9.17. The molecule has 0 radical (unpaired) electrons. The van der Waals surface area contributed by atoms with Crippen molar-refractivity contribution in [1.29, 1.82) is 0 Å². The highest BCUT2D eigenvalue weighted by atomic mass is 32.2. The summed E-state index contributed by atoms with van der Waals surface area (Å²) in [5.41, 5.74) is 2.83. The fourth-order valence-electron chi connectivity index (χ4n) is 3.15. The third kappa shape index (κ3) is 4.00. The Labute approximate surface area is 156 Å². The molecule has 26 heavy (non-hydrogen) atoms. The molecule has 7 nitrogen and oxygen atoms in total. The van der Waals surface area contributed by atoms with Crippen molar-refractivity contribution in [3.05, 3.63) is 29.3 Å². The number of tetrazole rings is 1. The maximum Gasteiger partial charge on any atom is 0.233 e. The van der Waals surface area contributed by atoms with Crippen LogP contribution in [-0.2, 0) is 17.6 Å². The standard InChI is InChI=1S/C18H23N5O2S/c1-12(26-18-20-21-22-23(18)15-6-7-15)17(24)19-9-10-25-16-8-5-13-3-2-4-14(13)11-16/h5,8,11-12,15H,2-4,6-7,9-10H2,1H3,(H,19,24). The quantitative estimate of drug-likeness (QED) is 0.564. The molecule has 2 aromatic rings. The van der Waals surface area contributed by atoms with E-state index in [0.29, 0.717) is 24.3 Å². The van der Waals surface area contributed by atoms with Crippen LogP contribution in [0.1, 0.15) is 43.4 Å². The molecule has 2 aliphatic carbocycles. The number of fused-ring (bicyclic) bond motifs is 1. The van der Waals surface area contributed by atoms with E-state index >= 15 is 0 Å². The van der Waals surface area contributed by atoms with Gasteiger partial charge in [-0.25, -0.2) is 4.68 Å². The number of thioether (sulfide) groups is 1. The third-order valence-corrected chi connectivity index (χ3v) is 5.79. The monoisotopic (exact) mass is 373 g/mol. The molecule has 138 valence electrons. The van der Waals surface area contributed by atoms with Crippen LogP contribution >= 0.6 is 11.8 Å². The zero-order valence-corrected chi connectivity index (χ0v) is 15.7. The number of aromatic nitrogens is 4. The minimum absolute atomic E-state index is 0.0297. The first-order chi connectivity index (χ1) is 12.7. The van der Waals surface area contributed by atoms with E-state index in [1.807, 2.05) is 17.7 Å². The van der Waals surface area contributed by atoms with Gasteiger partial charge in [-0.2, -0.15) is 0 Å². The zero-order valence-electron chi connectivity index (χ0n) is 14.9. The van der Waals surface area contributed by atoms with Crippen LogP contribution in [0.15, 0.2) is 23.4 Å². The van der Waals surface area contributed by atoms with E-state index in [1.54, 1.807) is 0 Å². The lowest BCUT2D eigenvalue weighted by Gasteiger charge is -2.12. The Morgan fingerprint density at radius 3 is 3.08 bits per heavy atom. The van der Waals surface area contributed by atoms with Crippen molar-refractivity contribution >= 4 is 17.7 Å². The van der Waals surface area contributed by atoms with Crippen molar-refractivity contribution < 1.29 is 9.53 Å². The van der Waals surface area contributed by atoms with Gasteiger partial charge in [-0.3, -0.25) is 4.79 Å². The molecule has 4 rings (SSSR count). The van der Waals surface area contributed by atoms with E-state index in [-0.39, 0.29) is 11.2 Å². The van der Waals surface area contributed by atoms with Crippen LogP contribution in [0.4, 0.5) is 0 Å². The van der Waals surface area contributed by atoms with Crippen molar-refractivity contribution in [2.24, 2.45) is 0 Å². The van der Waals surface area contributed by atoms with Gasteiger partial charge in [-0.05, 0) is 72.7 Å². The van der Waals surface area contributed by atoms with E-state index in [9.17, 15) is 4.79 Å². The van der Waals surface area contributed by atoms with Gasteiger partial charge in [0.05, 0.1) is 17.8 Å². The molecule has 0 bridgehead atoms. The second kappa shape index (κ2) is 7.65. The number of carbonyl (C=O) groups is 1. The van der Waals surface area contributed by atoms with Gasteiger partial charge in [0.1, 0.15) is 12.4 Å². The highest BCUT2D eigenvalue weighted by Gasteiger charge is 2.29. The molecule has 0 saturated heterocycles. The molecule has 1 heterocycles. The number of aryl methyl sites for hydroxylation is 2. The molecule has 0 spiro atoms. The van der Waals surface area contributed by atoms with Crippen LogP contribution in [0.25, 0.3) is 0 Å². The van der Waals surface area contributed by atoms with Crippen LogP contribution in [0, 0.1) is 0 Å². The predicted octanol–water partition coefficient (Wildman–Crippen LogP) is 2.17. The summed E-state index contributed by atoms with van der Waals surface area (Å²) in [7, 11) is 0. The minimum atomic E-state index is -0.251. The first kappa shape index (κ1) is 17.3. The Morgan fingerprint density at radius 1 is 1.38 bits per heavy atom. The number of ether oxygens (including phenoxy) is 1. The van der Waals surface area contributed by atoms with Crippen molar-refractivity contribution in [3.8, 4) is 5.75 Å². The average molecular weight is 373 g/mol. The summed E-state index contributed by atoms with van der Waals surface area (Å²) in [4.78, 5) is 12.3. The molecule has 1 saturated carbocycles. The number of nitrogens with one attached hydrogen (secondary N) is 1. The largest absolute Gasteiger partial charge is 0.492 e. The Hall–Kier alpha value is -2.09. The number of hydrogen-bond acceptors (Lipinski definition) is 6. The van der Waals surface area contributed by atoms with Gasteiger partial charge in [-0.1, -0.05) is 17.8 Å². The molecular formula is C18H23N5O2S. The molecule has 8 heteroatoms. The van der Waals surface area contributed by atoms with Crippen LogP contribution < -0.4 is 10.1 Å². The molecule has 1 N–H and O–H groups in total. The lowest BCUT2D eigenvalue weighted by atomic mass is 10.1. The summed E-state index contributed by atoms with van der Waals surface area (Å²) in [6, 6.07) is 6.70. The molecule has 1 aromatic heterocycles. The fraction of sp³-hybridized carbons (Fsp3) is 0.556. The smallest absolute Gasteiger partial charge is 0.233 e. The number of hydrogen-bond donors (Lipinski definition) is 1. The van der Waals surface area contributed by atoms with E-state index in [1.165, 1.54) is 35.7 Å². The predicted molar refractivity (Wildman–Crippen MR) is 98.4 cm³/mol. The minimum Gasteiger partial charge on any atom is -0.492 e. The van der Waals surface area contributed by atoms with E-state index in [0.717, 1.165) is 25.0 Å². The van der Waals surface area contributed by atoms with Gasteiger partial charge in [0.2, 0.25) is 11.1 Å². The fourth-order valence-corrected chi connectivity index (χ4v) is 4.03. The van der Waals surface area contributed by atoms with Crippen molar-refractivity contribution in [2.45, 2.75) is 55.5 Å². The molecule has 1 aromatic carbocycles. The topological polar surface area (TPSA) is 81.9 Å². The second-order valence-electron chi connectivity index (χ2n) is 6.82. The molecule has 1 unspecified atom stereocenters. The van der Waals surface area contributed by atoms with Crippen molar-refractivity contribution in [2.75, 3.05) is 13.2 Å². The number of amides is 1. The van der Waals surface area contributed by atoms with Crippen LogP contribution in [0.2, 0.25) is 0 Å². The Morgan fingerprint density at radius 2 is 2.23 bits per heavy atom. The highest BCUT2D eigenvalue weighted by Crippen LogP contribution is 2.37. The van der Waals surface area contributed by atoms with E-state index in [2.05, 4.69) is 33.0 Å². The third-order valence-electron chi connectivity index (χ3n) is 4.75. The number of rotatable bonds is 8. The molecular weight excluding hydrogens is 350 g/mol. The molecule has 1 fully saturated rings. The summed E-state index contributed by atoms with van der Waals surface area (Å²) in [6.45, 7) is 2.81. The molecule has 2 aliphatic rings. The lowest BCUT2D eigenvalue weighted by Crippen LogP contribution is -2.34. The normalized spacial score (nSPS) is 17.0. The molecule has 0 aliphatic heterocycles. The summed E-state index contributed by atoms with van der Waals surface area (Å²) in [6.07, 6.45) is 5.76. The zero-order chi connectivity index (χ0) is 17.9. The average Bonchev–Trinajstić information content (AvgIpc) is 3.20. The van der Waals surface area contributed by atoms with Gasteiger partial charge in [0.15, 0.2) is 0 Å². The summed E-state index contributed by atoms with van der Waals surface area (Å²) in [5.74, 6) is 0.851. The maximum absolute atomic E-state index is 12.3. The first-order valence-corrected chi connectivity index (χ1v) is 10.1. The highest BCUT2D eigenvalue weighted by molar-refractivity contribution is 8.00. The Kier molecular flexibility index (Phi) is 5.10.